The average Bonchev–Trinajstić information content (AvgIpc) is 3.26. The smallest absolute Gasteiger partial charge is 0.276 e. The summed E-state index contributed by atoms with van der Waals surface area (Å²) in [5, 5.41) is 7.47. The molecule has 27 heavy (non-hydrogen) atoms. The molecule has 0 fully saturated rings. The van der Waals surface area contributed by atoms with Crippen molar-refractivity contribution < 1.29 is 9.53 Å². The molecule has 4 aromatic rings. The summed E-state index contributed by atoms with van der Waals surface area (Å²) >= 11 is 6.09. The quantitative estimate of drug-likeness (QED) is 0.572. The summed E-state index contributed by atoms with van der Waals surface area (Å²) in [6, 6.07) is 16.4. The maximum atomic E-state index is 12.7. The minimum Gasteiger partial charge on any atom is -0.470 e. The van der Waals surface area contributed by atoms with Crippen LogP contribution in [-0.4, -0.2) is 25.2 Å². The number of imidazole rings is 1. The monoisotopic (exact) mass is 381 g/mol. The summed E-state index contributed by atoms with van der Waals surface area (Å²) < 4.78 is 8.95. The number of para-hydroxylation sites is 3. The van der Waals surface area contributed by atoms with E-state index in [1.54, 1.807) is 24.4 Å². The van der Waals surface area contributed by atoms with E-state index in [-0.39, 0.29) is 12.6 Å². The summed E-state index contributed by atoms with van der Waals surface area (Å²) in [5.41, 5.74) is 2.10. The minimum atomic E-state index is -0.325. The number of amides is 1. The van der Waals surface area contributed by atoms with Gasteiger partial charge in [-0.3, -0.25) is 10.1 Å². The standard InChI is InChI=1S/C19H16ClN5O2/c1-24-15-8-4-3-7-14(15)22-19(24)23-18(26)16-10-11-21-25(16)12-27-17-9-5-2-6-13(17)20/h2-11H,12H2,1H3,(H,22,23,26). The number of benzene rings is 2. The molecule has 0 aliphatic carbocycles. The van der Waals surface area contributed by atoms with Gasteiger partial charge in [0.05, 0.1) is 16.1 Å². The van der Waals surface area contributed by atoms with Crippen LogP contribution >= 0.6 is 11.6 Å². The largest absolute Gasteiger partial charge is 0.470 e. The van der Waals surface area contributed by atoms with Crippen LogP contribution in [0.4, 0.5) is 5.95 Å². The van der Waals surface area contributed by atoms with Crippen molar-refractivity contribution >= 4 is 34.5 Å². The fraction of sp³-hybridized carbons (Fsp3) is 0.105. The van der Waals surface area contributed by atoms with Gasteiger partial charge in [-0.2, -0.15) is 5.10 Å². The molecular formula is C19H16ClN5O2. The molecule has 4 rings (SSSR count). The lowest BCUT2D eigenvalue weighted by molar-refractivity contribution is 0.100. The van der Waals surface area contributed by atoms with Gasteiger partial charge >= 0.3 is 0 Å². The van der Waals surface area contributed by atoms with Crippen LogP contribution in [-0.2, 0) is 13.8 Å². The normalized spacial score (nSPS) is 10.9. The highest BCUT2D eigenvalue weighted by Crippen LogP contribution is 2.23. The van der Waals surface area contributed by atoms with Gasteiger partial charge in [0.25, 0.3) is 5.91 Å². The molecule has 0 spiro atoms. The second kappa shape index (κ2) is 7.13. The number of fused-ring (bicyclic) bond motifs is 1. The summed E-state index contributed by atoms with van der Waals surface area (Å²) in [6.07, 6.45) is 1.54. The van der Waals surface area contributed by atoms with Crippen molar-refractivity contribution in [2.45, 2.75) is 6.73 Å². The fourth-order valence-electron chi connectivity index (χ4n) is 2.74. The average molecular weight is 382 g/mol. The number of nitrogens with zero attached hydrogens (tertiary/aromatic N) is 4. The molecule has 0 unspecified atom stereocenters. The van der Waals surface area contributed by atoms with E-state index in [1.807, 2.05) is 48.0 Å². The first-order chi connectivity index (χ1) is 13.1. The molecule has 0 atom stereocenters. The Labute approximate surface area is 160 Å². The van der Waals surface area contributed by atoms with Crippen LogP contribution < -0.4 is 10.1 Å². The molecule has 0 saturated heterocycles. The molecule has 0 radical (unpaired) electrons. The summed E-state index contributed by atoms with van der Waals surface area (Å²) in [4.78, 5) is 17.1. The molecular weight excluding hydrogens is 366 g/mol. The Morgan fingerprint density at radius 2 is 1.93 bits per heavy atom. The van der Waals surface area contributed by atoms with E-state index in [1.165, 1.54) is 4.68 Å². The second-order valence-corrected chi connectivity index (χ2v) is 6.26. The second-order valence-electron chi connectivity index (χ2n) is 5.86. The summed E-state index contributed by atoms with van der Waals surface area (Å²) in [5.74, 6) is 0.658. The number of aryl methyl sites for hydroxylation is 1. The van der Waals surface area contributed by atoms with E-state index >= 15 is 0 Å². The molecule has 2 heterocycles. The molecule has 0 aliphatic rings. The number of carbonyl (C=O) groups excluding carboxylic acids is 1. The molecule has 0 bridgehead atoms. The Hall–Kier alpha value is -3.32. The molecule has 8 heteroatoms. The summed E-state index contributed by atoms with van der Waals surface area (Å²) in [6.45, 7) is 0.0576. The highest BCUT2D eigenvalue weighted by atomic mass is 35.5. The minimum absolute atomic E-state index is 0.0576. The third kappa shape index (κ3) is 3.37. The highest BCUT2D eigenvalue weighted by Gasteiger charge is 2.16. The van der Waals surface area contributed by atoms with Crippen molar-refractivity contribution in [1.29, 1.82) is 0 Å². The number of carbonyl (C=O) groups is 1. The molecule has 7 nitrogen and oxygen atoms in total. The van der Waals surface area contributed by atoms with Crippen molar-refractivity contribution in [3.63, 3.8) is 0 Å². The first-order valence-corrected chi connectivity index (χ1v) is 8.63. The molecule has 0 aliphatic heterocycles. The van der Waals surface area contributed by atoms with Gasteiger partial charge in [-0.05, 0) is 30.3 Å². The Morgan fingerprint density at radius 3 is 2.74 bits per heavy atom. The Bertz CT molecular complexity index is 1120. The summed E-state index contributed by atoms with van der Waals surface area (Å²) in [7, 11) is 1.85. The van der Waals surface area contributed by atoms with Gasteiger partial charge in [-0.25, -0.2) is 9.67 Å². The van der Waals surface area contributed by atoms with E-state index in [4.69, 9.17) is 16.3 Å². The van der Waals surface area contributed by atoms with Crippen LogP contribution in [0.2, 0.25) is 5.02 Å². The Morgan fingerprint density at radius 1 is 1.15 bits per heavy atom. The van der Waals surface area contributed by atoms with Crippen molar-refractivity contribution in [1.82, 2.24) is 19.3 Å². The van der Waals surface area contributed by atoms with Gasteiger partial charge in [-0.15, -0.1) is 0 Å². The van der Waals surface area contributed by atoms with Crippen LogP contribution in [0, 0.1) is 0 Å². The first-order valence-electron chi connectivity index (χ1n) is 8.25. The predicted octanol–water partition coefficient (Wildman–Crippen LogP) is 3.71. The number of nitrogens with one attached hydrogen (secondary N) is 1. The maximum Gasteiger partial charge on any atom is 0.276 e. The number of aromatic nitrogens is 4. The van der Waals surface area contributed by atoms with E-state index in [0.717, 1.165) is 11.0 Å². The van der Waals surface area contributed by atoms with Crippen LogP contribution in [0.1, 0.15) is 10.5 Å². The van der Waals surface area contributed by atoms with E-state index < -0.39 is 0 Å². The molecule has 2 aromatic carbocycles. The van der Waals surface area contributed by atoms with Gasteiger partial charge in [-0.1, -0.05) is 35.9 Å². The lowest BCUT2D eigenvalue weighted by atomic mass is 10.3. The number of halogens is 1. The maximum absolute atomic E-state index is 12.7. The SMILES string of the molecule is Cn1c(NC(=O)c2ccnn2COc2ccccc2Cl)nc2ccccc21. The zero-order valence-electron chi connectivity index (χ0n) is 14.5. The van der Waals surface area contributed by atoms with Crippen LogP contribution in [0.3, 0.4) is 0 Å². The third-order valence-corrected chi connectivity index (χ3v) is 4.45. The van der Waals surface area contributed by atoms with Gasteiger partial charge in [0.2, 0.25) is 5.95 Å². The number of hydrogen-bond acceptors (Lipinski definition) is 4. The highest BCUT2D eigenvalue weighted by molar-refractivity contribution is 6.32. The number of rotatable bonds is 5. The van der Waals surface area contributed by atoms with Gasteiger partial charge < -0.3 is 9.30 Å². The fourth-order valence-corrected chi connectivity index (χ4v) is 2.93. The molecule has 1 N–H and O–H groups in total. The number of ether oxygens (including phenoxy) is 1. The van der Waals surface area contributed by atoms with Crippen molar-refractivity contribution in [2.24, 2.45) is 7.05 Å². The Balaban J connectivity index is 1.52. The van der Waals surface area contributed by atoms with Gasteiger partial charge in [0.1, 0.15) is 11.4 Å². The van der Waals surface area contributed by atoms with Crippen LogP contribution in [0.25, 0.3) is 11.0 Å². The molecule has 1 amide bonds. The zero-order chi connectivity index (χ0) is 18.8. The molecule has 136 valence electrons. The van der Waals surface area contributed by atoms with Gasteiger partial charge in [0.15, 0.2) is 6.73 Å². The third-order valence-electron chi connectivity index (χ3n) is 4.14. The van der Waals surface area contributed by atoms with Crippen LogP contribution in [0.5, 0.6) is 5.75 Å². The Kier molecular flexibility index (Phi) is 4.52. The van der Waals surface area contributed by atoms with Crippen molar-refractivity contribution in [2.75, 3.05) is 5.32 Å². The number of hydrogen-bond donors (Lipinski definition) is 1. The molecule has 0 saturated carbocycles. The van der Waals surface area contributed by atoms with E-state index in [2.05, 4.69) is 15.4 Å². The van der Waals surface area contributed by atoms with Crippen molar-refractivity contribution in [3.8, 4) is 5.75 Å². The van der Waals surface area contributed by atoms with E-state index in [0.29, 0.717) is 22.4 Å². The predicted molar refractivity (Wildman–Crippen MR) is 103 cm³/mol. The topological polar surface area (TPSA) is 74.0 Å². The van der Waals surface area contributed by atoms with E-state index in [9.17, 15) is 4.79 Å². The van der Waals surface area contributed by atoms with Gasteiger partial charge in [0, 0.05) is 13.2 Å². The number of anilines is 1. The molecule has 2 aromatic heterocycles. The lowest BCUT2D eigenvalue weighted by Crippen LogP contribution is -2.21. The zero-order valence-corrected chi connectivity index (χ0v) is 15.2. The lowest BCUT2D eigenvalue weighted by Gasteiger charge is -2.11. The van der Waals surface area contributed by atoms with Crippen LogP contribution in [0.15, 0.2) is 60.8 Å². The van der Waals surface area contributed by atoms with Crippen molar-refractivity contribution in [3.05, 3.63) is 71.5 Å². The first kappa shape index (κ1) is 17.1.